The van der Waals surface area contributed by atoms with E-state index in [1.54, 1.807) is 23.1 Å². The number of hydrogen-bond donors (Lipinski definition) is 1. The van der Waals surface area contributed by atoms with Gasteiger partial charge in [-0.15, -0.1) is 0 Å². The monoisotopic (exact) mass is 348 g/mol. The Labute approximate surface area is 144 Å². The van der Waals surface area contributed by atoms with Crippen molar-refractivity contribution in [1.29, 1.82) is 0 Å². The molecule has 0 aliphatic carbocycles. The summed E-state index contributed by atoms with van der Waals surface area (Å²) in [6.45, 7) is 1.47. The number of carbonyl (C=O) groups is 3. The molecule has 0 saturated carbocycles. The number of anilines is 1. The molecule has 3 rings (SSSR count). The molecule has 2 aliphatic heterocycles. The second kappa shape index (κ2) is 7.00. The van der Waals surface area contributed by atoms with E-state index in [1.165, 1.54) is 11.9 Å². The van der Waals surface area contributed by atoms with Crippen LogP contribution in [0.25, 0.3) is 0 Å². The van der Waals surface area contributed by atoms with E-state index in [-0.39, 0.29) is 24.8 Å². The Morgan fingerprint density at radius 1 is 1.28 bits per heavy atom. The number of fused-ring (bicyclic) bond motifs is 1. The van der Waals surface area contributed by atoms with Crippen molar-refractivity contribution < 1.29 is 29.0 Å². The molecule has 1 N–H and O–H groups in total. The summed E-state index contributed by atoms with van der Waals surface area (Å²) >= 11 is 0. The van der Waals surface area contributed by atoms with Gasteiger partial charge in [0.2, 0.25) is 11.8 Å². The molecular formula is C17H20N2O6. The summed E-state index contributed by atoms with van der Waals surface area (Å²) < 4.78 is 11.0. The fourth-order valence-corrected chi connectivity index (χ4v) is 3.00. The maximum atomic E-state index is 12.6. The predicted octanol–water partition coefficient (Wildman–Crippen LogP) is 0.744. The lowest BCUT2D eigenvalue weighted by Crippen LogP contribution is -2.39. The Balaban J connectivity index is 1.69. The van der Waals surface area contributed by atoms with E-state index in [9.17, 15) is 14.4 Å². The van der Waals surface area contributed by atoms with Crippen LogP contribution in [0.15, 0.2) is 18.2 Å². The minimum absolute atomic E-state index is 0.0853. The van der Waals surface area contributed by atoms with Crippen molar-refractivity contribution in [2.45, 2.75) is 12.8 Å². The second-order valence-electron chi connectivity index (χ2n) is 6.06. The highest BCUT2D eigenvalue weighted by atomic mass is 16.6. The third-order valence-electron chi connectivity index (χ3n) is 4.38. The van der Waals surface area contributed by atoms with Crippen LogP contribution >= 0.6 is 0 Å². The van der Waals surface area contributed by atoms with Crippen LogP contribution in [0.5, 0.6) is 11.5 Å². The van der Waals surface area contributed by atoms with Gasteiger partial charge in [0.15, 0.2) is 11.5 Å². The number of ether oxygens (including phenoxy) is 2. The molecule has 1 saturated heterocycles. The lowest BCUT2D eigenvalue weighted by Gasteiger charge is -2.23. The highest BCUT2D eigenvalue weighted by molar-refractivity contribution is 6.09. The first-order chi connectivity index (χ1) is 12.0. The summed E-state index contributed by atoms with van der Waals surface area (Å²) in [4.78, 5) is 38.6. The second-order valence-corrected chi connectivity index (χ2v) is 6.06. The normalized spacial score (nSPS) is 19.0. The summed E-state index contributed by atoms with van der Waals surface area (Å²) in [6.07, 6.45) is 0.262. The molecule has 1 atom stereocenters. The van der Waals surface area contributed by atoms with Crippen molar-refractivity contribution in [3.05, 3.63) is 18.2 Å². The number of nitrogens with zero attached hydrogens (tertiary/aromatic N) is 2. The molecule has 2 aliphatic rings. The average molecular weight is 348 g/mol. The Morgan fingerprint density at radius 2 is 2.00 bits per heavy atom. The lowest BCUT2D eigenvalue weighted by atomic mass is 10.1. The minimum Gasteiger partial charge on any atom is -0.486 e. The van der Waals surface area contributed by atoms with E-state index in [4.69, 9.17) is 14.6 Å². The van der Waals surface area contributed by atoms with Crippen LogP contribution in [-0.4, -0.2) is 61.1 Å². The molecule has 0 bridgehead atoms. The fourth-order valence-electron chi connectivity index (χ4n) is 3.00. The van der Waals surface area contributed by atoms with Crippen molar-refractivity contribution in [2.24, 2.45) is 5.92 Å². The van der Waals surface area contributed by atoms with Gasteiger partial charge < -0.3 is 24.4 Å². The van der Waals surface area contributed by atoms with E-state index in [0.29, 0.717) is 43.4 Å². The number of amides is 2. The van der Waals surface area contributed by atoms with E-state index in [1.807, 2.05) is 0 Å². The Hall–Kier alpha value is -2.77. The summed E-state index contributed by atoms with van der Waals surface area (Å²) in [7, 11) is 1.52. The molecule has 1 fully saturated rings. The van der Waals surface area contributed by atoms with Gasteiger partial charge in [0.25, 0.3) is 0 Å². The maximum Gasteiger partial charge on any atom is 0.305 e. The molecule has 8 nitrogen and oxygen atoms in total. The van der Waals surface area contributed by atoms with Gasteiger partial charge in [-0.1, -0.05) is 0 Å². The highest BCUT2D eigenvalue weighted by Gasteiger charge is 2.39. The SMILES string of the molecule is CN(CCC(=O)O)C(=O)C1CCN(c2ccc3c(c2)OCCO3)C1=O. The molecule has 0 radical (unpaired) electrons. The van der Waals surface area contributed by atoms with Crippen LogP contribution in [0.2, 0.25) is 0 Å². The van der Waals surface area contributed by atoms with Gasteiger partial charge in [0.05, 0.1) is 6.42 Å². The quantitative estimate of drug-likeness (QED) is 0.789. The van der Waals surface area contributed by atoms with Gasteiger partial charge in [-0.3, -0.25) is 14.4 Å². The van der Waals surface area contributed by atoms with E-state index in [2.05, 4.69) is 0 Å². The van der Waals surface area contributed by atoms with Crippen LogP contribution in [0.3, 0.4) is 0 Å². The summed E-state index contributed by atoms with van der Waals surface area (Å²) in [6, 6.07) is 5.27. The van der Waals surface area contributed by atoms with Crippen LogP contribution in [0.1, 0.15) is 12.8 Å². The first kappa shape index (κ1) is 17.1. The van der Waals surface area contributed by atoms with Crippen LogP contribution in [-0.2, 0) is 14.4 Å². The number of hydrogen-bond acceptors (Lipinski definition) is 5. The van der Waals surface area contributed by atoms with Crippen molar-refractivity contribution in [2.75, 3.05) is 38.3 Å². The predicted molar refractivity (Wildman–Crippen MR) is 87.8 cm³/mol. The van der Waals surface area contributed by atoms with Crippen LogP contribution in [0, 0.1) is 5.92 Å². The number of rotatable bonds is 5. The van der Waals surface area contributed by atoms with Crippen LogP contribution in [0.4, 0.5) is 5.69 Å². The first-order valence-electron chi connectivity index (χ1n) is 8.15. The molecule has 0 aromatic heterocycles. The standard InChI is InChI=1S/C17H20N2O6/c1-18(6-5-15(20)21)16(22)12-4-7-19(17(12)23)11-2-3-13-14(10-11)25-9-8-24-13/h2-3,10,12H,4-9H2,1H3,(H,20,21). The summed E-state index contributed by atoms with van der Waals surface area (Å²) in [5, 5.41) is 8.71. The van der Waals surface area contributed by atoms with Gasteiger partial charge in [0.1, 0.15) is 19.1 Å². The maximum absolute atomic E-state index is 12.6. The van der Waals surface area contributed by atoms with E-state index >= 15 is 0 Å². The first-order valence-corrected chi connectivity index (χ1v) is 8.15. The zero-order valence-electron chi connectivity index (χ0n) is 13.9. The van der Waals surface area contributed by atoms with Crippen LogP contribution < -0.4 is 14.4 Å². The smallest absolute Gasteiger partial charge is 0.305 e. The van der Waals surface area contributed by atoms with Gasteiger partial charge in [-0.05, 0) is 18.6 Å². The molecular weight excluding hydrogens is 328 g/mol. The van der Waals surface area contributed by atoms with Crippen molar-refractivity contribution in [1.82, 2.24) is 4.90 Å². The molecule has 2 amide bonds. The molecule has 8 heteroatoms. The van der Waals surface area contributed by atoms with Gasteiger partial charge in [0, 0.05) is 31.9 Å². The Bertz CT molecular complexity index is 704. The number of carbonyl (C=O) groups excluding carboxylic acids is 2. The largest absolute Gasteiger partial charge is 0.486 e. The molecule has 0 spiro atoms. The highest BCUT2D eigenvalue weighted by Crippen LogP contribution is 2.36. The summed E-state index contributed by atoms with van der Waals surface area (Å²) in [5.74, 6) is -1.13. The topological polar surface area (TPSA) is 96.4 Å². The zero-order valence-corrected chi connectivity index (χ0v) is 13.9. The number of carboxylic acid groups (broad SMARTS) is 1. The third-order valence-corrected chi connectivity index (χ3v) is 4.38. The molecule has 25 heavy (non-hydrogen) atoms. The number of aliphatic carboxylic acids is 1. The lowest BCUT2D eigenvalue weighted by molar-refractivity contribution is -0.140. The molecule has 1 aromatic carbocycles. The third kappa shape index (κ3) is 3.52. The molecule has 1 unspecified atom stereocenters. The Kier molecular flexibility index (Phi) is 4.78. The van der Waals surface area contributed by atoms with Gasteiger partial charge >= 0.3 is 5.97 Å². The molecule has 1 aromatic rings. The van der Waals surface area contributed by atoms with Gasteiger partial charge in [-0.2, -0.15) is 0 Å². The number of benzene rings is 1. The molecule has 2 heterocycles. The fraction of sp³-hybridized carbons (Fsp3) is 0.471. The minimum atomic E-state index is -0.977. The average Bonchev–Trinajstić information content (AvgIpc) is 3.00. The summed E-state index contributed by atoms with van der Waals surface area (Å²) in [5.41, 5.74) is 0.665. The van der Waals surface area contributed by atoms with Crippen molar-refractivity contribution >= 4 is 23.5 Å². The van der Waals surface area contributed by atoms with Crippen molar-refractivity contribution in [3.63, 3.8) is 0 Å². The zero-order chi connectivity index (χ0) is 18.0. The van der Waals surface area contributed by atoms with E-state index in [0.717, 1.165) is 0 Å². The molecule has 134 valence electrons. The number of carboxylic acids is 1. The Morgan fingerprint density at radius 3 is 2.72 bits per heavy atom. The van der Waals surface area contributed by atoms with Gasteiger partial charge in [-0.25, -0.2) is 0 Å². The van der Waals surface area contributed by atoms with Crippen molar-refractivity contribution in [3.8, 4) is 11.5 Å². The van der Waals surface area contributed by atoms with E-state index < -0.39 is 11.9 Å².